The zero-order valence-electron chi connectivity index (χ0n) is 6.38. The van der Waals surface area contributed by atoms with Gasteiger partial charge in [-0.1, -0.05) is 6.08 Å². The van der Waals surface area contributed by atoms with E-state index in [1.807, 2.05) is 36.7 Å². The molecule has 0 atom stereocenters. The van der Waals surface area contributed by atoms with Crippen LogP contribution in [0.1, 0.15) is 0 Å². The van der Waals surface area contributed by atoms with Crippen LogP contribution in [0.3, 0.4) is 0 Å². The second kappa shape index (κ2) is 5.01. The lowest BCUT2D eigenvalue weighted by molar-refractivity contribution is 0.614. The predicted octanol–water partition coefficient (Wildman–Crippen LogP) is 2.14. The van der Waals surface area contributed by atoms with Crippen molar-refractivity contribution in [3.8, 4) is 0 Å². The number of halogens is 2. The fraction of sp³-hybridized carbons (Fsp3) is 0.125. The molecule has 2 aliphatic rings. The molecule has 2 nitrogen and oxygen atoms in total. The maximum Gasteiger partial charge on any atom is 0.132 e. The molecule has 0 bridgehead atoms. The van der Waals surface area contributed by atoms with E-state index in [0.29, 0.717) is 0 Å². The van der Waals surface area contributed by atoms with Gasteiger partial charge in [-0.05, 0) is 18.2 Å². The monoisotopic (exact) mass is 204 g/mol. The molecule has 2 heterocycles. The molecule has 4 heteroatoms. The normalized spacial score (nSPS) is 17.3. The summed E-state index contributed by atoms with van der Waals surface area (Å²) in [6.07, 6.45) is 11.9. The van der Waals surface area contributed by atoms with Crippen LogP contribution >= 0.6 is 24.8 Å². The van der Waals surface area contributed by atoms with E-state index < -0.39 is 0 Å². The summed E-state index contributed by atoms with van der Waals surface area (Å²) in [5.74, 6) is 1.03. The summed E-state index contributed by atoms with van der Waals surface area (Å²) in [6, 6.07) is 0. The fourth-order valence-corrected chi connectivity index (χ4v) is 1.03. The summed E-state index contributed by atoms with van der Waals surface area (Å²) >= 11 is 0. The Labute approximate surface area is 84.2 Å². The van der Waals surface area contributed by atoms with E-state index >= 15 is 0 Å². The van der Waals surface area contributed by atoms with Gasteiger partial charge in [0.1, 0.15) is 5.84 Å². The van der Waals surface area contributed by atoms with Gasteiger partial charge < -0.3 is 4.90 Å². The smallest absolute Gasteiger partial charge is 0.132 e. The van der Waals surface area contributed by atoms with Crippen molar-refractivity contribution in [2.24, 2.45) is 4.99 Å². The minimum absolute atomic E-state index is 0. The number of nitrogens with zero attached hydrogens (tertiary/aromatic N) is 2. The predicted molar refractivity (Wildman–Crippen MR) is 56.1 cm³/mol. The molecule has 66 valence electrons. The standard InChI is InChI=1S/C8H8N2.2ClH/c1-2-6-10-7-3-5-9-8(10)4-1;;/h1-6H,7H2;2*1H. The van der Waals surface area contributed by atoms with Crippen molar-refractivity contribution >= 4 is 30.6 Å². The largest absolute Gasteiger partial charge is 0.329 e. The average molecular weight is 205 g/mol. The summed E-state index contributed by atoms with van der Waals surface area (Å²) in [7, 11) is 0. The zero-order chi connectivity index (χ0) is 6.81. The second-order valence-electron chi connectivity index (χ2n) is 2.23. The Morgan fingerprint density at radius 3 is 2.83 bits per heavy atom. The van der Waals surface area contributed by atoms with Gasteiger partial charge in [0.15, 0.2) is 0 Å². The third-order valence-electron chi connectivity index (χ3n) is 1.53. The highest BCUT2D eigenvalue weighted by Crippen LogP contribution is 2.06. The van der Waals surface area contributed by atoms with E-state index in [4.69, 9.17) is 0 Å². The molecule has 0 aromatic heterocycles. The molecule has 0 amide bonds. The highest BCUT2D eigenvalue weighted by atomic mass is 35.5. The van der Waals surface area contributed by atoms with Gasteiger partial charge in [0.2, 0.25) is 0 Å². The Morgan fingerprint density at radius 1 is 1.25 bits per heavy atom. The van der Waals surface area contributed by atoms with Crippen molar-refractivity contribution in [2.45, 2.75) is 0 Å². The first-order chi connectivity index (χ1) is 4.97. The van der Waals surface area contributed by atoms with Gasteiger partial charge in [0.25, 0.3) is 0 Å². The van der Waals surface area contributed by atoms with Crippen molar-refractivity contribution in [1.82, 2.24) is 4.90 Å². The third kappa shape index (κ3) is 2.13. The van der Waals surface area contributed by atoms with Crippen molar-refractivity contribution in [3.63, 3.8) is 0 Å². The quantitative estimate of drug-likeness (QED) is 0.591. The van der Waals surface area contributed by atoms with Crippen LogP contribution in [0.15, 0.2) is 41.7 Å². The first kappa shape index (κ1) is 11.3. The molecule has 0 radical (unpaired) electrons. The Morgan fingerprint density at radius 2 is 2.08 bits per heavy atom. The Kier molecular flexibility index (Phi) is 4.71. The Bertz CT molecular complexity index is 254. The summed E-state index contributed by atoms with van der Waals surface area (Å²) in [5, 5.41) is 0. The van der Waals surface area contributed by atoms with Gasteiger partial charge in [-0.3, -0.25) is 0 Å². The third-order valence-corrected chi connectivity index (χ3v) is 1.53. The summed E-state index contributed by atoms with van der Waals surface area (Å²) < 4.78 is 0. The van der Waals surface area contributed by atoms with E-state index in [-0.39, 0.29) is 24.8 Å². The number of allylic oxidation sites excluding steroid dienone is 2. The van der Waals surface area contributed by atoms with Gasteiger partial charge in [0, 0.05) is 18.9 Å². The van der Waals surface area contributed by atoms with Crippen LogP contribution in [0.4, 0.5) is 0 Å². The first-order valence-corrected chi connectivity index (χ1v) is 3.31. The molecule has 0 N–H and O–H groups in total. The number of fused-ring (bicyclic) bond motifs is 1. The maximum atomic E-state index is 4.18. The minimum Gasteiger partial charge on any atom is -0.329 e. The first-order valence-electron chi connectivity index (χ1n) is 3.31. The molecule has 12 heavy (non-hydrogen) atoms. The highest BCUT2D eigenvalue weighted by Gasteiger charge is 2.07. The summed E-state index contributed by atoms with van der Waals surface area (Å²) in [6.45, 7) is 0.944. The number of hydrogen-bond donors (Lipinski definition) is 0. The number of rotatable bonds is 0. The molecule has 0 aromatic carbocycles. The lowest BCUT2D eigenvalue weighted by Gasteiger charge is -2.22. The Balaban J connectivity index is 0.000000605. The molecule has 0 saturated heterocycles. The molecule has 0 unspecified atom stereocenters. The SMILES string of the molecule is C1=CC2=NC=CCN2C=C1.Cl.Cl. The van der Waals surface area contributed by atoms with Crippen molar-refractivity contribution < 1.29 is 0 Å². The van der Waals surface area contributed by atoms with Crippen LogP contribution in [0.5, 0.6) is 0 Å². The average Bonchev–Trinajstić information content (AvgIpc) is 2.05. The van der Waals surface area contributed by atoms with Gasteiger partial charge >= 0.3 is 0 Å². The maximum absolute atomic E-state index is 4.18. The fourth-order valence-electron chi connectivity index (χ4n) is 1.03. The van der Waals surface area contributed by atoms with Crippen LogP contribution in [0.25, 0.3) is 0 Å². The summed E-state index contributed by atoms with van der Waals surface area (Å²) in [5.41, 5.74) is 0. The molecule has 0 fully saturated rings. The molecule has 0 saturated carbocycles. The van der Waals surface area contributed by atoms with Crippen LogP contribution in [-0.2, 0) is 0 Å². The van der Waals surface area contributed by atoms with Gasteiger partial charge in [0.05, 0.1) is 0 Å². The van der Waals surface area contributed by atoms with Gasteiger partial charge in [-0.25, -0.2) is 4.99 Å². The minimum atomic E-state index is 0. The zero-order valence-corrected chi connectivity index (χ0v) is 8.02. The Hall–Kier alpha value is -0.730. The summed E-state index contributed by atoms with van der Waals surface area (Å²) in [4.78, 5) is 6.27. The topological polar surface area (TPSA) is 15.6 Å². The molecule has 0 aromatic rings. The van der Waals surface area contributed by atoms with Crippen molar-refractivity contribution in [1.29, 1.82) is 0 Å². The lowest BCUT2D eigenvalue weighted by atomic mass is 10.3. The van der Waals surface area contributed by atoms with E-state index in [2.05, 4.69) is 9.89 Å². The molecular weight excluding hydrogens is 195 g/mol. The van der Waals surface area contributed by atoms with Gasteiger partial charge in [-0.2, -0.15) is 0 Å². The van der Waals surface area contributed by atoms with Crippen LogP contribution in [0, 0.1) is 0 Å². The highest BCUT2D eigenvalue weighted by molar-refractivity contribution is 5.95. The molecule has 2 rings (SSSR count). The van der Waals surface area contributed by atoms with Gasteiger partial charge in [-0.15, -0.1) is 24.8 Å². The van der Waals surface area contributed by atoms with Crippen molar-refractivity contribution in [2.75, 3.05) is 6.54 Å². The van der Waals surface area contributed by atoms with E-state index in [1.54, 1.807) is 0 Å². The molecule has 0 aliphatic carbocycles. The van der Waals surface area contributed by atoms with E-state index in [0.717, 1.165) is 12.4 Å². The van der Waals surface area contributed by atoms with Crippen LogP contribution < -0.4 is 0 Å². The molecule has 0 spiro atoms. The number of amidine groups is 1. The molecular formula is C8H10Cl2N2. The second-order valence-corrected chi connectivity index (χ2v) is 2.23. The number of aliphatic imine (C=N–C) groups is 1. The van der Waals surface area contributed by atoms with Crippen molar-refractivity contribution in [3.05, 3.63) is 36.7 Å². The van der Waals surface area contributed by atoms with E-state index in [9.17, 15) is 0 Å². The van der Waals surface area contributed by atoms with E-state index in [1.165, 1.54) is 0 Å². The molecule has 2 aliphatic heterocycles. The van der Waals surface area contributed by atoms with Crippen LogP contribution in [-0.4, -0.2) is 17.3 Å². The lowest BCUT2D eigenvalue weighted by Crippen LogP contribution is -2.27. The van der Waals surface area contributed by atoms with Crippen LogP contribution in [0.2, 0.25) is 0 Å². The number of hydrogen-bond acceptors (Lipinski definition) is 2.